The largest absolute Gasteiger partial charge is 0.327 e. The van der Waals surface area contributed by atoms with Crippen LogP contribution in [-0.2, 0) is 25.9 Å². The Morgan fingerprint density at radius 3 is 1.41 bits per heavy atom. The van der Waals surface area contributed by atoms with Crippen molar-refractivity contribution in [3.63, 3.8) is 0 Å². The molecule has 0 aliphatic rings. The van der Waals surface area contributed by atoms with Crippen LogP contribution in [0.4, 0.5) is 0 Å². The number of rotatable bonds is 8. The van der Waals surface area contributed by atoms with Gasteiger partial charge in [0.2, 0.25) is 0 Å². The maximum Gasteiger partial charge on any atom is 0.327 e. The molecule has 0 saturated carbocycles. The molecule has 0 unspecified atom stereocenters. The summed E-state index contributed by atoms with van der Waals surface area (Å²) in [5, 5.41) is 0. The first-order valence-corrected chi connectivity index (χ1v) is 11.7. The van der Waals surface area contributed by atoms with Gasteiger partial charge in [-0.15, -0.1) is 0 Å². The van der Waals surface area contributed by atoms with E-state index in [-0.39, 0.29) is 42.2 Å². The third-order valence-corrected chi connectivity index (χ3v) is 4.43. The third-order valence-electron chi connectivity index (χ3n) is 2.86. The number of aromatic nitrogens is 2. The monoisotopic (exact) mass is 487 g/mol. The summed E-state index contributed by atoms with van der Waals surface area (Å²) in [7, 11) is -7.84. The molecular formula is C16H22CoN4O6P2. The van der Waals surface area contributed by atoms with Crippen molar-refractivity contribution in [2.24, 2.45) is 9.98 Å². The Hall–Kier alpha value is -1.55. The minimum absolute atomic E-state index is 0. The van der Waals surface area contributed by atoms with Gasteiger partial charge in [-0.1, -0.05) is 12.1 Å². The maximum atomic E-state index is 10.4. The standard InChI is InChI=1S/2C8H11N2O3P.Co/c2*11-14(12,13)6-5-9-7-8-3-1-2-4-10-8;/h2*1-4,7H,5-6H2,(H2,11,12,13);. The van der Waals surface area contributed by atoms with Crippen LogP contribution in [0.1, 0.15) is 11.4 Å². The summed E-state index contributed by atoms with van der Waals surface area (Å²) in [5.41, 5.74) is 1.36. The quantitative estimate of drug-likeness (QED) is 0.320. The molecule has 2 heterocycles. The molecule has 0 spiro atoms. The molecule has 2 aromatic rings. The van der Waals surface area contributed by atoms with Crippen molar-refractivity contribution in [3.8, 4) is 0 Å². The topological polar surface area (TPSA) is 166 Å². The second-order valence-electron chi connectivity index (χ2n) is 5.36. The van der Waals surface area contributed by atoms with Crippen LogP contribution >= 0.6 is 15.2 Å². The van der Waals surface area contributed by atoms with Gasteiger partial charge in [0, 0.05) is 41.6 Å². The minimum Gasteiger partial charge on any atom is -0.324 e. The van der Waals surface area contributed by atoms with Gasteiger partial charge < -0.3 is 19.6 Å². The van der Waals surface area contributed by atoms with E-state index in [1.807, 2.05) is 12.1 Å². The Morgan fingerprint density at radius 1 is 0.759 bits per heavy atom. The van der Waals surface area contributed by atoms with Crippen molar-refractivity contribution in [2.45, 2.75) is 0 Å². The average Bonchev–Trinajstić information content (AvgIpc) is 2.63. The van der Waals surface area contributed by atoms with Gasteiger partial charge in [0.05, 0.1) is 36.8 Å². The molecule has 13 heteroatoms. The molecule has 0 aromatic carbocycles. The molecule has 0 bridgehead atoms. The Balaban J connectivity index is 0.000000523. The van der Waals surface area contributed by atoms with E-state index in [1.165, 1.54) is 12.4 Å². The number of hydrogen-bond acceptors (Lipinski definition) is 6. The van der Waals surface area contributed by atoms with Crippen molar-refractivity contribution in [3.05, 3.63) is 60.2 Å². The van der Waals surface area contributed by atoms with Gasteiger partial charge in [-0.25, -0.2) is 0 Å². The predicted molar refractivity (Wildman–Crippen MR) is 107 cm³/mol. The minimum atomic E-state index is -3.92. The molecule has 2 aromatic heterocycles. The molecule has 0 atom stereocenters. The molecule has 0 amide bonds. The molecule has 10 nitrogen and oxygen atoms in total. The van der Waals surface area contributed by atoms with Crippen LogP contribution in [0.3, 0.4) is 0 Å². The molecule has 1 radical (unpaired) electrons. The van der Waals surface area contributed by atoms with Crippen LogP contribution < -0.4 is 0 Å². The van der Waals surface area contributed by atoms with Gasteiger partial charge in [-0.2, -0.15) is 0 Å². The van der Waals surface area contributed by atoms with Crippen LogP contribution in [-0.4, -0.2) is 67.4 Å². The van der Waals surface area contributed by atoms with Gasteiger partial charge in [-0.05, 0) is 24.3 Å². The first kappa shape index (κ1) is 27.4. The van der Waals surface area contributed by atoms with Crippen LogP contribution in [0.5, 0.6) is 0 Å². The Kier molecular flexibility index (Phi) is 13.7. The molecule has 161 valence electrons. The summed E-state index contributed by atoms with van der Waals surface area (Å²) in [4.78, 5) is 49.8. The molecule has 2 rings (SSSR count). The number of nitrogens with zero attached hydrogens (tertiary/aromatic N) is 4. The Morgan fingerprint density at radius 2 is 1.14 bits per heavy atom. The van der Waals surface area contributed by atoms with Crippen molar-refractivity contribution < 1.29 is 45.5 Å². The van der Waals surface area contributed by atoms with E-state index in [4.69, 9.17) is 19.6 Å². The van der Waals surface area contributed by atoms with E-state index >= 15 is 0 Å². The van der Waals surface area contributed by atoms with E-state index in [2.05, 4.69) is 20.0 Å². The second-order valence-corrected chi connectivity index (χ2v) is 8.91. The summed E-state index contributed by atoms with van der Waals surface area (Å²) in [6, 6.07) is 10.7. The average molecular weight is 487 g/mol. The summed E-state index contributed by atoms with van der Waals surface area (Å²) in [6.07, 6.45) is 5.80. The Bertz CT molecular complexity index is 772. The van der Waals surface area contributed by atoms with E-state index in [0.717, 1.165) is 0 Å². The van der Waals surface area contributed by atoms with Crippen LogP contribution in [0.15, 0.2) is 58.8 Å². The summed E-state index contributed by atoms with van der Waals surface area (Å²) >= 11 is 0. The van der Waals surface area contributed by atoms with Crippen LogP contribution in [0.25, 0.3) is 0 Å². The molecular weight excluding hydrogens is 465 g/mol. The van der Waals surface area contributed by atoms with E-state index in [9.17, 15) is 9.13 Å². The van der Waals surface area contributed by atoms with Crippen LogP contribution in [0.2, 0.25) is 0 Å². The third kappa shape index (κ3) is 17.1. The SMILES string of the molecule is O=P(O)(O)CCN=Cc1ccccn1.O=P(O)(O)CCN=Cc1ccccn1.[Co]. The normalized spacial score (nSPS) is 11.7. The molecule has 0 saturated heterocycles. The number of pyridine rings is 2. The van der Waals surface area contributed by atoms with Crippen molar-refractivity contribution in [1.82, 2.24) is 9.97 Å². The molecule has 0 aliphatic heterocycles. The van der Waals surface area contributed by atoms with Gasteiger partial charge in [0.25, 0.3) is 0 Å². The molecule has 29 heavy (non-hydrogen) atoms. The van der Waals surface area contributed by atoms with Crippen molar-refractivity contribution in [1.29, 1.82) is 0 Å². The summed E-state index contributed by atoms with van der Waals surface area (Å²) in [5.74, 6) is 0. The summed E-state index contributed by atoms with van der Waals surface area (Å²) < 4.78 is 20.9. The van der Waals surface area contributed by atoms with Crippen molar-refractivity contribution >= 4 is 27.6 Å². The first-order chi connectivity index (χ1) is 13.2. The smallest absolute Gasteiger partial charge is 0.324 e. The van der Waals surface area contributed by atoms with E-state index in [1.54, 1.807) is 36.7 Å². The van der Waals surface area contributed by atoms with E-state index < -0.39 is 15.2 Å². The fraction of sp³-hybridized carbons (Fsp3) is 0.250. The zero-order valence-electron chi connectivity index (χ0n) is 15.2. The van der Waals surface area contributed by atoms with Crippen molar-refractivity contribution in [2.75, 3.05) is 25.4 Å². The summed E-state index contributed by atoms with van der Waals surface area (Å²) in [6.45, 7) is 0.224. The zero-order valence-corrected chi connectivity index (χ0v) is 18.1. The van der Waals surface area contributed by atoms with Crippen LogP contribution in [0, 0.1) is 0 Å². The molecule has 0 aliphatic carbocycles. The fourth-order valence-corrected chi connectivity index (χ4v) is 2.35. The number of hydrogen-bond donors (Lipinski definition) is 4. The van der Waals surface area contributed by atoms with Gasteiger partial charge in [0.15, 0.2) is 0 Å². The van der Waals surface area contributed by atoms with Gasteiger partial charge >= 0.3 is 15.2 Å². The van der Waals surface area contributed by atoms with E-state index in [0.29, 0.717) is 11.4 Å². The molecule has 0 fully saturated rings. The Labute approximate surface area is 178 Å². The zero-order chi connectivity index (χ0) is 20.9. The number of aliphatic imine (C=N–C) groups is 2. The van der Waals surface area contributed by atoms with Gasteiger partial charge in [0.1, 0.15) is 0 Å². The van der Waals surface area contributed by atoms with Gasteiger partial charge in [-0.3, -0.25) is 29.1 Å². The maximum absolute atomic E-state index is 10.4. The first-order valence-electron chi connectivity index (χ1n) is 8.06. The predicted octanol–water partition coefficient (Wildman–Crippen LogP) is 1.35. The molecule has 4 N–H and O–H groups in total. The fourth-order valence-electron chi connectivity index (χ4n) is 1.60. The second kappa shape index (κ2) is 14.4.